The van der Waals surface area contributed by atoms with Crippen molar-refractivity contribution in [3.8, 4) is 17.2 Å². The number of aromatic nitrogens is 2. The zero-order valence-corrected chi connectivity index (χ0v) is 17.5. The Kier molecular flexibility index (Phi) is 6.83. The molecule has 6 nitrogen and oxygen atoms in total. The van der Waals surface area contributed by atoms with Crippen molar-refractivity contribution in [1.29, 1.82) is 0 Å². The molecule has 0 atom stereocenters. The molecule has 0 radical (unpaired) electrons. The lowest BCUT2D eigenvalue weighted by Gasteiger charge is -2.17. The summed E-state index contributed by atoms with van der Waals surface area (Å²) in [5.41, 5.74) is 1.68. The molecule has 28 heavy (non-hydrogen) atoms. The second kappa shape index (κ2) is 9.32. The number of carbonyl (C=O) groups excluding carboxylic acids is 1. The van der Waals surface area contributed by atoms with Crippen LogP contribution in [0.25, 0.3) is 11.5 Å². The van der Waals surface area contributed by atoms with Crippen LogP contribution in [0.2, 0.25) is 10.0 Å². The summed E-state index contributed by atoms with van der Waals surface area (Å²) < 4.78 is 10.7. The number of hydrogen-bond donors (Lipinski definition) is 0. The average molecular weight is 438 g/mol. The van der Waals surface area contributed by atoms with Gasteiger partial charge in [0.15, 0.2) is 0 Å². The number of ether oxygens (including phenoxy) is 1. The van der Waals surface area contributed by atoms with Gasteiger partial charge in [-0.3, -0.25) is 4.79 Å². The highest BCUT2D eigenvalue weighted by Gasteiger charge is 2.14. The van der Waals surface area contributed by atoms with Crippen LogP contribution in [0, 0.1) is 0 Å². The maximum Gasteiger partial charge on any atom is 0.277 e. The molecule has 0 bridgehead atoms. The molecule has 3 rings (SSSR count). The minimum Gasteiger partial charge on any atom is -0.497 e. The van der Waals surface area contributed by atoms with Gasteiger partial charge in [-0.25, -0.2) is 0 Å². The zero-order valence-electron chi connectivity index (χ0n) is 15.2. The number of carbonyl (C=O) groups is 1. The first-order valence-electron chi connectivity index (χ1n) is 8.25. The predicted molar refractivity (Wildman–Crippen MR) is 110 cm³/mol. The molecule has 1 heterocycles. The van der Waals surface area contributed by atoms with E-state index in [-0.39, 0.29) is 11.7 Å². The van der Waals surface area contributed by atoms with Gasteiger partial charge in [-0.15, -0.1) is 10.2 Å². The van der Waals surface area contributed by atoms with Crippen LogP contribution in [0.1, 0.15) is 5.56 Å². The zero-order chi connectivity index (χ0) is 20.1. The lowest BCUT2D eigenvalue weighted by Crippen LogP contribution is -2.27. The van der Waals surface area contributed by atoms with Crippen molar-refractivity contribution in [3.63, 3.8) is 0 Å². The van der Waals surface area contributed by atoms with Crippen LogP contribution in [0.4, 0.5) is 0 Å². The summed E-state index contributed by atoms with van der Waals surface area (Å²) in [6.07, 6.45) is 0. The minimum atomic E-state index is -0.0692. The molecule has 146 valence electrons. The highest BCUT2D eigenvalue weighted by atomic mass is 35.5. The Balaban J connectivity index is 1.55. The third-order valence-corrected chi connectivity index (χ3v) is 5.43. The Bertz CT molecular complexity index is 963. The second-order valence-electron chi connectivity index (χ2n) is 5.89. The molecule has 0 fully saturated rings. The molecule has 1 amide bonds. The summed E-state index contributed by atoms with van der Waals surface area (Å²) in [6.45, 7) is 0.428. The van der Waals surface area contributed by atoms with Gasteiger partial charge in [0.25, 0.3) is 5.22 Å². The molecule has 0 spiro atoms. The van der Waals surface area contributed by atoms with E-state index in [0.717, 1.165) is 16.9 Å². The average Bonchev–Trinajstić information content (AvgIpc) is 3.18. The second-order valence-corrected chi connectivity index (χ2v) is 7.63. The third kappa shape index (κ3) is 5.19. The summed E-state index contributed by atoms with van der Waals surface area (Å²) in [5.74, 6) is 1.25. The van der Waals surface area contributed by atoms with Crippen molar-refractivity contribution in [2.24, 2.45) is 0 Å². The Hall–Kier alpha value is -2.22. The SMILES string of the molecule is COc1ccc(-c2nnc(SCC(=O)N(C)Cc3ccc(Cl)c(Cl)c3)o2)cc1. The van der Waals surface area contributed by atoms with Gasteiger partial charge in [-0.1, -0.05) is 41.0 Å². The van der Waals surface area contributed by atoms with Gasteiger partial charge >= 0.3 is 0 Å². The van der Waals surface area contributed by atoms with E-state index in [2.05, 4.69) is 10.2 Å². The highest BCUT2D eigenvalue weighted by Crippen LogP contribution is 2.26. The fourth-order valence-corrected chi connectivity index (χ4v) is 3.38. The van der Waals surface area contributed by atoms with Crippen molar-refractivity contribution in [2.75, 3.05) is 19.9 Å². The topological polar surface area (TPSA) is 68.5 Å². The lowest BCUT2D eigenvalue weighted by molar-refractivity contribution is -0.127. The first kappa shape index (κ1) is 20.5. The summed E-state index contributed by atoms with van der Waals surface area (Å²) in [6, 6.07) is 12.6. The van der Waals surface area contributed by atoms with Crippen LogP contribution in [0.5, 0.6) is 5.75 Å². The molecule has 0 unspecified atom stereocenters. The van der Waals surface area contributed by atoms with Gasteiger partial charge in [-0.2, -0.15) is 0 Å². The molecule has 2 aromatic carbocycles. The molecule has 0 saturated heterocycles. The standard InChI is InChI=1S/C19H17Cl2N3O3S/c1-24(10-12-3-8-15(20)16(21)9-12)17(25)11-28-19-23-22-18(27-19)13-4-6-14(26-2)7-5-13/h3-9H,10-11H2,1-2H3. The summed E-state index contributed by atoms with van der Waals surface area (Å²) in [7, 11) is 3.33. The van der Waals surface area contributed by atoms with Crippen LogP contribution in [-0.2, 0) is 11.3 Å². The molecule has 9 heteroatoms. The Labute approximate surface area is 176 Å². The van der Waals surface area contributed by atoms with E-state index in [1.807, 2.05) is 30.3 Å². The highest BCUT2D eigenvalue weighted by molar-refractivity contribution is 7.99. The minimum absolute atomic E-state index is 0.0692. The number of hydrogen-bond acceptors (Lipinski definition) is 6. The van der Waals surface area contributed by atoms with Crippen molar-refractivity contribution < 1.29 is 13.9 Å². The van der Waals surface area contributed by atoms with Gasteiger partial charge in [0.2, 0.25) is 11.8 Å². The molecular weight excluding hydrogens is 421 g/mol. The number of amides is 1. The number of benzene rings is 2. The maximum atomic E-state index is 12.4. The van der Waals surface area contributed by atoms with E-state index >= 15 is 0 Å². The van der Waals surface area contributed by atoms with Crippen LogP contribution >= 0.6 is 35.0 Å². The molecule has 0 N–H and O–H groups in total. The molecule has 3 aromatic rings. The van der Waals surface area contributed by atoms with Gasteiger partial charge in [-0.05, 0) is 42.0 Å². The third-order valence-electron chi connectivity index (χ3n) is 3.89. The number of nitrogens with zero attached hydrogens (tertiary/aromatic N) is 3. The first-order valence-corrected chi connectivity index (χ1v) is 9.99. The van der Waals surface area contributed by atoms with E-state index in [9.17, 15) is 4.79 Å². The van der Waals surface area contributed by atoms with Gasteiger partial charge in [0.05, 0.1) is 22.9 Å². The van der Waals surface area contributed by atoms with Crippen LogP contribution in [0.3, 0.4) is 0 Å². The van der Waals surface area contributed by atoms with Crippen molar-refractivity contribution in [3.05, 3.63) is 58.1 Å². The fourth-order valence-electron chi connectivity index (χ4n) is 2.35. The number of methoxy groups -OCH3 is 1. The van der Waals surface area contributed by atoms with Crippen LogP contribution in [0.15, 0.2) is 52.1 Å². The maximum absolute atomic E-state index is 12.4. The summed E-state index contributed by atoms with van der Waals surface area (Å²) in [4.78, 5) is 14.0. The van der Waals surface area contributed by atoms with E-state index in [4.69, 9.17) is 32.4 Å². The fraction of sp³-hybridized carbons (Fsp3) is 0.211. The van der Waals surface area contributed by atoms with E-state index in [1.165, 1.54) is 11.8 Å². The predicted octanol–water partition coefficient (Wildman–Crippen LogP) is 4.80. The van der Waals surface area contributed by atoms with Crippen LogP contribution in [-0.4, -0.2) is 40.9 Å². The van der Waals surface area contributed by atoms with E-state index in [0.29, 0.717) is 27.7 Å². The van der Waals surface area contributed by atoms with Gasteiger partial charge in [0, 0.05) is 19.2 Å². The summed E-state index contributed by atoms with van der Waals surface area (Å²) in [5, 5.41) is 9.29. The quantitative estimate of drug-likeness (QED) is 0.494. The van der Waals surface area contributed by atoms with E-state index in [1.54, 1.807) is 31.2 Å². The van der Waals surface area contributed by atoms with Gasteiger partial charge < -0.3 is 14.1 Å². The Morgan fingerprint density at radius 2 is 1.89 bits per heavy atom. The smallest absolute Gasteiger partial charge is 0.277 e. The Morgan fingerprint density at radius 3 is 2.57 bits per heavy atom. The van der Waals surface area contributed by atoms with E-state index < -0.39 is 0 Å². The first-order chi connectivity index (χ1) is 13.5. The van der Waals surface area contributed by atoms with Gasteiger partial charge in [0.1, 0.15) is 5.75 Å². The largest absolute Gasteiger partial charge is 0.497 e. The molecule has 0 aliphatic heterocycles. The normalized spacial score (nSPS) is 10.7. The van der Waals surface area contributed by atoms with Crippen molar-refractivity contribution in [2.45, 2.75) is 11.8 Å². The molecule has 1 aromatic heterocycles. The summed E-state index contributed by atoms with van der Waals surface area (Å²) >= 11 is 13.1. The van der Waals surface area contributed by atoms with Crippen molar-refractivity contribution in [1.82, 2.24) is 15.1 Å². The molecule has 0 aliphatic rings. The van der Waals surface area contributed by atoms with Crippen molar-refractivity contribution >= 4 is 40.9 Å². The number of halogens is 2. The molecular formula is C19H17Cl2N3O3S. The van der Waals surface area contributed by atoms with Crippen LogP contribution < -0.4 is 4.74 Å². The number of thioether (sulfide) groups is 1. The molecule has 0 saturated carbocycles. The number of rotatable bonds is 7. The monoisotopic (exact) mass is 437 g/mol. The lowest BCUT2D eigenvalue weighted by atomic mass is 10.2. The molecule has 0 aliphatic carbocycles. The Morgan fingerprint density at radius 1 is 1.14 bits per heavy atom.